The molecule has 12 heteroatoms. The van der Waals surface area contributed by atoms with Crippen molar-refractivity contribution in [1.29, 1.82) is 0 Å². The van der Waals surface area contributed by atoms with Crippen molar-refractivity contribution in [2.75, 3.05) is 6.26 Å². The van der Waals surface area contributed by atoms with Gasteiger partial charge in [-0.3, -0.25) is 4.18 Å². The molecule has 2 bridgehead atoms. The van der Waals surface area contributed by atoms with Crippen molar-refractivity contribution in [3.63, 3.8) is 0 Å². The molecule has 2 atom stereocenters. The third-order valence-corrected chi connectivity index (χ3v) is 8.49. The largest absolute Gasteiger partial charge is 0.264 e. The van der Waals surface area contributed by atoms with Gasteiger partial charge in [0.2, 0.25) is 0 Å². The topological polar surface area (TPSA) is 113 Å². The zero-order valence-corrected chi connectivity index (χ0v) is 21.7. The van der Waals surface area contributed by atoms with Gasteiger partial charge in [-0.2, -0.15) is 13.5 Å². The summed E-state index contributed by atoms with van der Waals surface area (Å²) in [6, 6.07) is 11.1. The summed E-state index contributed by atoms with van der Waals surface area (Å²) >= 11 is 0. The number of aromatic nitrogens is 6. The summed E-state index contributed by atoms with van der Waals surface area (Å²) in [7, 11) is -3.63. The lowest BCUT2D eigenvalue weighted by Crippen LogP contribution is -2.38. The SMILES string of the molecule is CC1(C)[C@H]2CC[C@@]1(c1cccc(-n3cnc(COS(C)(=O)=O)n3)n1)c1nnc(-c3c(F)cccc3F)cc12. The van der Waals surface area contributed by atoms with Crippen LogP contribution in [0.25, 0.3) is 17.1 Å². The summed E-state index contributed by atoms with van der Waals surface area (Å²) in [5.41, 5.74) is 1.62. The molecule has 6 rings (SSSR count). The summed E-state index contributed by atoms with van der Waals surface area (Å²) in [5.74, 6) is -0.550. The van der Waals surface area contributed by atoms with Gasteiger partial charge in [0.25, 0.3) is 10.1 Å². The first-order chi connectivity index (χ1) is 18.0. The molecule has 0 saturated heterocycles. The van der Waals surface area contributed by atoms with Crippen LogP contribution in [0.4, 0.5) is 8.78 Å². The van der Waals surface area contributed by atoms with Crippen molar-refractivity contribution in [2.45, 2.75) is 44.6 Å². The van der Waals surface area contributed by atoms with Crippen LogP contribution in [-0.2, 0) is 26.3 Å². The van der Waals surface area contributed by atoms with Crippen molar-refractivity contribution >= 4 is 10.1 Å². The number of hydrogen-bond donors (Lipinski definition) is 0. The number of pyridine rings is 1. The highest BCUT2D eigenvalue weighted by molar-refractivity contribution is 7.85. The van der Waals surface area contributed by atoms with Crippen LogP contribution in [0.5, 0.6) is 0 Å². The minimum absolute atomic E-state index is 0.109. The van der Waals surface area contributed by atoms with Crippen LogP contribution in [0.3, 0.4) is 0 Å². The molecule has 2 aliphatic rings. The highest BCUT2D eigenvalue weighted by Gasteiger charge is 2.65. The molecule has 3 heterocycles. The van der Waals surface area contributed by atoms with Gasteiger partial charge in [-0.1, -0.05) is 26.0 Å². The number of nitrogens with zero attached hydrogens (tertiary/aromatic N) is 6. The average molecular weight is 539 g/mol. The third kappa shape index (κ3) is 3.65. The van der Waals surface area contributed by atoms with Crippen LogP contribution < -0.4 is 0 Å². The maximum absolute atomic E-state index is 14.5. The first kappa shape index (κ1) is 24.7. The molecule has 0 unspecified atom stereocenters. The predicted molar refractivity (Wildman–Crippen MR) is 133 cm³/mol. The Morgan fingerprint density at radius 1 is 1.11 bits per heavy atom. The number of halogens is 2. The van der Waals surface area contributed by atoms with E-state index in [1.807, 2.05) is 12.1 Å². The number of benzene rings is 1. The van der Waals surface area contributed by atoms with Gasteiger partial charge >= 0.3 is 0 Å². The van der Waals surface area contributed by atoms with Gasteiger partial charge in [0.1, 0.15) is 24.6 Å². The lowest BCUT2D eigenvalue weighted by Gasteiger charge is -2.37. The van der Waals surface area contributed by atoms with E-state index < -0.39 is 27.2 Å². The van der Waals surface area contributed by atoms with E-state index in [0.29, 0.717) is 5.82 Å². The molecule has 0 spiro atoms. The molecule has 2 aliphatic carbocycles. The molecule has 0 radical (unpaired) electrons. The highest BCUT2D eigenvalue weighted by atomic mass is 32.2. The Morgan fingerprint density at radius 3 is 2.58 bits per heavy atom. The molecule has 0 aliphatic heterocycles. The molecule has 3 aromatic heterocycles. The first-order valence-corrected chi connectivity index (χ1v) is 13.9. The molecular formula is C26H24F2N6O3S. The van der Waals surface area contributed by atoms with Crippen molar-refractivity contribution in [3.8, 4) is 17.1 Å². The monoisotopic (exact) mass is 538 g/mol. The lowest BCUT2D eigenvalue weighted by molar-refractivity contribution is 0.242. The van der Waals surface area contributed by atoms with Crippen LogP contribution >= 0.6 is 0 Å². The number of fused-ring (bicyclic) bond motifs is 5. The fraction of sp³-hybridized carbons (Fsp3) is 0.346. The molecule has 0 amide bonds. The van der Waals surface area contributed by atoms with E-state index in [0.717, 1.165) is 36.0 Å². The minimum Gasteiger partial charge on any atom is -0.262 e. The van der Waals surface area contributed by atoms with E-state index in [9.17, 15) is 17.2 Å². The maximum Gasteiger partial charge on any atom is 0.264 e. The molecule has 0 N–H and O–H groups in total. The Labute approximate surface area is 218 Å². The summed E-state index contributed by atoms with van der Waals surface area (Å²) in [6.07, 6.45) is 4.07. The Balaban J connectivity index is 1.41. The summed E-state index contributed by atoms with van der Waals surface area (Å²) in [5, 5.41) is 13.1. The van der Waals surface area contributed by atoms with Crippen molar-refractivity contribution in [1.82, 2.24) is 29.9 Å². The van der Waals surface area contributed by atoms with E-state index in [-0.39, 0.29) is 35.0 Å². The Kier molecular flexibility index (Phi) is 5.48. The quantitative estimate of drug-likeness (QED) is 0.338. The molecule has 38 heavy (non-hydrogen) atoms. The van der Waals surface area contributed by atoms with Crippen molar-refractivity contribution in [2.24, 2.45) is 5.41 Å². The van der Waals surface area contributed by atoms with Crippen LogP contribution in [0.2, 0.25) is 0 Å². The highest BCUT2D eigenvalue weighted by Crippen LogP contribution is 2.69. The molecular weight excluding hydrogens is 514 g/mol. The van der Waals surface area contributed by atoms with Gasteiger partial charge in [0.15, 0.2) is 11.6 Å². The number of hydrogen-bond acceptors (Lipinski definition) is 8. The summed E-state index contributed by atoms with van der Waals surface area (Å²) < 4.78 is 57.9. The van der Waals surface area contributed by atoms with Crippen LogP contribution in [0, 0.1) is 17.0 Å². The summed E-state index contributed by atoms with van der Waals surface area (Å²) in [6.45, 7) is 4.05. The second-order valence-corrected chi connectivity index (χ2v) is 11.9. The third-order valence-electron chi connectivity index (χ3n) is 7.95. The van der Waals surface area contributed by atoms with Gasteiger partial charge in [0, 0.05) is 0 Å². The molecule has 1 aromatic carbocycles. The Morgan fingerprint density at radius 2 is 1.84 bits per heavy atom. The molecule has 1 saturated carbocycles. The molecule has 196 valence electrons. The van der Waals surface area contributed by atoms with Gasteiger partial charge in [-0.25, -0.2) is 23.4 Å². The second kappa shape index (κ2) is 8.43. The maximum atomic E-state index is 14.5. The zero-order chi connectivity index (χ0) is 26.9. The van der Waals surface area contributed by atoms with Gasteiger partial charge in [0.05, 0.1) is 34.3 Å². The number of rotatable bonds is 6. The van der Waals surface area contributed by atoms with E-state index in [4.69, 9.17) is 9.17 Å². The lowest BCUT2D eigenvalue weighted by atomic mass is 9.66. The Hall–Kier alpha value is -3.64. The molecule has 1 fully saturated rings. The fourth-order valence-corrected chi connectivity index (χ4v) is 6.50. The van der Waals surface area contributed by atoms with Crippen molar-refractivity contribution < 1.29 is 21.4 Å². The van der Waals surface area contributed by atoms with Crippen LogP contribution in [0.1, 0.15) is 55.4 Å². The fourth-order valence-electron chi connectivity index (χ4n) is 6.18. The van der Waals surface area contributed by atoms with E-state index in [1.165, 1.54) is 29.2 Å². The van der Waals surface area contributed by atoms with E-state index in [1.54, 1.807) is 12.1 Å². The van der Waals surface area contributed by atoms with Crippen molar-refractivity contribution in [3.05, 3.63) is 83.2 Å². The first-order valence-electron chi connectivity index (χ1n) is 12.1. The van der Waals surface area contributed by atoms with Gasteiger partial charge in [-0.05, 0) is 60.1 Å². The zero-order valence-electron chi connectivity index (χ0n) is 20.9. The standard InChI is InChI=1S/C26H24F2N6O3S/c1-25(2)16-10-11-26(25,24-15(16)12-19(31-32-24)23-17(27)6-4-7-18(23)28)20-8-5-9-22(30-20)34-14-29-21(33-34)13-37-38(3,35)36/h4-9,12,14,16H,10-11,13H2,1-3H3/t16-,26+/m0/s1. The normalized spacial score (nSPS) is 21.6. The van der Waals surface area contributed by atoms with Crippen LogP contribution in [-0.4, -0.2) is 44.6 Å². The predicted octanol–water partition coefficient (Wildman–Crippen LogP) is 4.08. The summed E-state index contributed by atoms with van der Waals surface area (Å²) in [4.78, 5) is 9.06. The minimum atomic E-state index is -3.63. The smallest absolute Gasteiger partial charge is 0.262 e. The second-order valence-electron chi connectivity index (χ2n) is 10.3. The molecule has 4 aromatic rings. The average Bonchev–Trinajstić information content (AvgIpc) is 3.50. The Bertz CT molecular complexity index is 1670. The van der Waals surface area contributed by atoms with Gasteiger partial charge in [-0.15, -0.1) is 10.2 Å². The van der Waals surface area contributed by atoms with E-state index in [2.05, 4.69) is 34.1 Å². The van der Waals surface area contributed by atoms with Crippen LogP contribution in [0.15, 0.2) is 48.8 Å². The van der Waals surface area contributed by atoms with Gasteiger partial charge < -0.3 is 0 Å². The van der Waals surface area contributed by atoms with E-state index >= 15 is 0 Å². The molecule has 9 nitrogen and oxygen atoms in total.